The summed E-state index contributed by atoms with van der Waals surface area (Å²) in [4.78, 5) is 18.2. The van der Waals surface area contributed by atoms with Crippen molar-refractivity contribution < 1.29 is 4.79 Å². The van der Waals surface area contributed by atoms with Gasteiger partial charge in [0.2, 0.25) is 5.91 Å². The molecule has 1 aromatic carbocycles. The van der Waals surface area contributed by atoms with Crippen LogP contribution in [-0.4, -0.2) is 29.4 Å². The highest BCUT2D eigenvalue weighted by molar-refractivity contribution is 5.78. The molecule has 1 N–H and O–H groups in total. The number of benzene rings is 1. The van der Waals surface area contributed by atoms with Gasteiger partial charge in [-0.25, -0.2) is 0 Å². The average Bonchev–Trinajstić information content (AvgIpc) is 2.91. The van der Waals surface area contributed by atoms with Gasteiger partial charge in [-0.3, -0.25) is 9.78 Å². The summed E-state index contributed by atoms with van der Waals surface area (Å²) in [6.45, 7) is 1.44. The molecule has 0 saturated carbocycles. The molecule has 2 heterocycles. The Morgan fingerprint density at radius 1 is 1.33 bits per heavy atom. The first-order valence-corrected chi connectivity index (χ1v) is 7.19. The van der Waals surface area contributed by atoms with E-state index in [1.54, 1.807) is 17.3 Å². The number of amides is 1. The number of carbonyl (C=O) groups is 1. The van der Waals surface area contributed by atoms with E-state index in [0.29, 0.717) is 13.0 Å². The minimum absolute atomic E-state index is 0.169. The molecule has 4 nitrogen and oxygen atoms in total. The number of hydrogen-bond donors (Lipinski definition) is 1. The highest BCUT2D eigenvalue weighted by Crippen LogP contribution is 2.33. The Balaban J connectivity index is 1.62. The number of fused-ring (bicyclic) bond motifs is 1. The number of para-hydroxylation sites is 1. The first kappa shape index (κ1) is 13.6. The van der Waals surface area contributed by atoms with Gasteiger partial charge in [0.05, 0.1) is 0 Å². The van der Waals surface area contributed by atoms with Crippen LogP contribution in [0.2, 0.25) is 0 Å². The fraction of sp³-hybridized carbons (Fsp3) is 0.294. The van der Waals surface area contributed by atoms with E-state index in [2.05, 4.69) is 22.4 Å². The van der Waals surface area contributed by atoms with Crippen molar-refractivity contribution in [1.82, 2.24) is 9.88 Å². The molecule has 4 heteroatoms. The number of hydrogen-bond acceptors (Lipinski definition) is 3. The summed E-state index contributed by atoms with van der Waals surface area (Å²) in [5.41, 5.74) is 3.46. The Bertz CT molecular complexity index is 627. The van der Waals surface area contributed by atoms with Crippen molar-refractivity contribution in [2.75, 3.05) is 18.9 Å². The van der Waals surface area contributed by atoms with Gasteiger partial charge in [-0.2, -0.15) is 0 Å². The third-order valence-corrected chi connectivity index (χ3v) is 3.93. The number of carbonyl (C=O) groups excluding carboxylic acids is 1. The predicted octanol–water partition coefficient (Wildman–Crippen LogP) is 2.64. The molecule has 3 rings (SSSR count). The summed E-state index contributed by atoms with van der Waals surface area (Å²) in [6, 6.07) is 12.1. The quantitative estimate of drug-likeness (QED) is 0.937. The lowest BCUT2D eigenvalue weighted by molar-refractivity contribution is -0.130. The zero-order chi connectivity index (χ0) is 14.7. The van der Waals surface area contributed by atoms with Crippen LogP contribution in [0.5, 0.6) is 0 Å². The average molecular weight is 281 g/mol. The van der Waals surface area contributed by atoms with Gasteiger partial charge in [-0.15, -0.1) is 0 Å². The fourth-order valence-electron chi connectivity index (χ4n) is 2.76. The summed E-state index contributed by atoms with van der Waals surface area (Å²) in [6.07, 6.45) is 4.09. The molecular formula is C17H19N3O. The molecule has 21 heavy (non-hydrogen) atoms. The van der Waals surface area contributed by atoms with Crippen LogP contribution in [0.25, 0.3) is 0 Å². The standard InChI is InChI=1S/C17H19N3O/c1-20(12-13-5-4-8-18-10-13)17(21)9-14-11-19-16-7-3-2-6-15(14)16/h2-8,10,14,19H,9,11-12H2,1H3. The topological polar surface area (TPSA) is 45.2 Å². The molecule has 1 amide bonds. The monoisotopic (exact) mass is 281 g/mol. The summed E-state index contributed by atoms with van der Waals surface area (Å²) < 4.78 is 0. The second kappa shape index (κ2) is 5.95. The lowest BCUT2D eigenvalue weighted by Crippen LogP contribution is -2.28. The Hall–Kier alpha value is -2.36. The van der Waals surface area contributed by atoms with Crippen molar-refractivity contribution in [3.05, 3.63) is 59.9 Å². The maximum atomic E-state index is 12.4. The maximum Gasteiger partial charge on any atom is 0.223 e. The predicted molar refractivity (Wildman–Crippen MR) is 83.0 cm³/mol. The third-order valence-electron chi connectivity index (χ3n) is 3.93. The van der Waals surface area contributed by atoms with Crippen molar-refractivity contribution in [2.24, 2.45) is 0 Å². The van der Waals surface area contributed by atoms with Gasteiger partial charge in [0.1, 0.15) is 0 Å². The molecule has 108 valence electrons. The number of nitrogens with zero attached hydrogens (tertiary/aromatic N) is 2. The Morgan fingerprint density at radius 2 is 2.19 bits per heavy atom. The van der Waals surface area contributed by atoms with Gasteiger partial charge in [-0.1, -0.05) is 24.3 Å². The first-order chi connectivity index (χ1) is 10.2. The van der Waals surface area contributed by atoms with E-state index in [0.717, 1.165) is 17.8 Å². The number of rotatable bonds is 4. The second-order valence-corrected chi connectivity index (χ2v) is 5.48. The smallest absolute Gasteiger partial charge is 0.223 e. The van der Waals surface area contributed by atoms with E-state index >= 15 is 0 Å². The minimum atomic E-state index is 0.169. The number of anilines is 1. The van der Waals surface area contributed by atoms with Crippen molar-refractivity contribution in [1.29, 1.82) is 0 Å². The summed E-state index contributed by atoms with van der Waals surface area (Å²) in [5, 5.41) is 3.36. The second-order valence-electron chi connectivity index (χ2n) is 5.48. The largest absolute Gasteiger partial charge is 0.384 e. The number of pyridine rings is 1. The van der Waals surface area contributed by atoms with Crippen LogP contribution in [0.1, 0.15) is 23.5 Å². The van der Waals surface area contributed by atoms with E-state index in [9.17, 15) is 4.79 Å². The van der Waals surface area contributed by atoms with E-state index in [1.807, 2.05) is 31.3 Å². The van der Waals surface area contributed by atoms with E-state index in [4.69, 9.17) is 0 Å². The zero-order valence-corrected chi connectivity index (χ0v) is 12.1. The van der Waals surface area contributed by atoms with Crippen LogP contribution in [-0.2, 0) is 11.3 Å². The van der Waals surface area contributed by atoms with Crippen LogP contribution in [0.4, 0.5) is 5.69 Å². The van der Waals surface area contributed by atoms with Gasteiger partial charge in [-0.05, 0) is 23.3 Å². The molecule has 0 fully saturated rings. The van der Waals surface area contributed by atoms with Crippen LogP contribution in [0, 0.1) is 0 Å². The normalized spacial score (nSPS) is 16.1. The molecule has 1 aliphatic heterocycles. The third kappa shape index (κ3) is 3.05. The summed E-state index contributed by atoms with van der Waals surface area (Å²) in [7, 11) is 1.85. The maximum absolute atomic E-state index is 12.4. The van der Waals surface area contributed by atoms with E-state index in [-0.39, 0.29) is 11.8 Å². The molecule has 1 aliphatic rings. The summed E-state index contributed by atoms with van der Waals surface area (Å²) in [5.74, 6) is 0.437. The van der Waals surface area contributed by atoms with Crippen LogP contribution < -0.4 is 5.32 Å². The molecule has 0 radical (unpaired) electrons. The van der Waals surface area contributed by atoms with Gasteiger partial charge < -0.3 is 10.2 Å². The van der Waals surface area contributed by atoms with Crippen LogP contribution >= 0.6 is 0 Å². The molecule has 1 unspecified atom stereocenters. The molecular weight excluding hydrogens is 262 g/mol. The molecule has 0 saturated heterocycles. The molecule has 1 atom stereocenters. The Kier molecular flexibility index (Phi) is 3.86. The minimum Gasteiger partial charge on any atom is -0.384 e. The van der Waals surface area contributed by atoms with Crippen molar-refractivity contribution in [3.63, 3.8) is 0 Å². The van der Waals surface area contributed by atoms with Gasteiger partial charge >= 0.3 is 0 Å². The van der Waals surface area contributed by atoms with Crippen LogP contribution in [0.3, 0.4) is 0 Å². The zero-order valence-electron chi connectivity index (χ0n) is 12.1. The van der Waals surface area contributed by atoms with Crippen molar-refractivity contribution in [2.45, 2.75) is 18.9 Å². The van der Waals surface area contributed by atoms with Gasteiger partial charge in [0.25, 0.3) is 0 Å². The van der Waals surface area contributed by atoms with Crippen molar-refractivity contribution in [3.8, 4) is 0 Å². The molecule has 1 aromatic heterocycles. The molecule has 2 aromatic rings. The lowest BCUT2D eigenvalue weighted by atomic mass is 9.97. The lowest BCUT2D eigenvalue weighted by Gasteiger charge is -2.19. The molecule has 0 aliphatic carbocycles. The number of nitrogens with one attached hydrogen (secondary N) is 1. The molecule has 0 bridgehead atoms. The first-order valence-electron chi connectivity index (χ1n) is 7.19. The highest BCUT2D eigenvalue weighted by atomic mass is 16.2. The molecule has 0 spiro atoms. The van der Waals surface area contributed by atoms with Gasteiger partial charge in [0.15, 0.2) is 0 Å². The fourth-order valence-corrected chi connectivity index (χ4v) is 2.76. The van der Waals surface area contributed by atoms with Crippen LogP contribution in [0.15, 0.2) is 48.8 Å². The summed E-state index contributed by atoms with van der Waals surface area (Å²) >= 11 is 0. The SMILES string of the molecule is CN(Cc1cccnc1)C(=O)CC1CNc2ccccc21. The van der Waals surface area contributed by atoms with E-state index in [1.165, 1.54) is 5.56 Å². The Labute approximate surface area is 124 Å². The highest BCUT2D eigenvalue weighted by Gasteiger charge is 2.25. The Morgan fingerprint density at radius 3 is 3.00 bits per heavy atom. The van der Waals surface area contributed by atoms with E-state index < -0.39 is 0 Å². The number of aromatic nitrogens is 1. The van der Waals surface area contributed by atoms with Gasteiger partial charge in [0, 0.05) is 50.6 Å². The van der Waals surface area contributed by atoms with Crippen molar-refractivity contribution >= 4 is 11.6 Å².